The van der Waals surface area contributed by atoms with Crippen LogP contribution >= 0.6 is 0 Å². The normalized spacial score (nSPS) is 12.9. The molecule has 0 aliphatic heterocycles. The lowest BCUT2D eigenvalue weighted by atomic mass is 10.1. The van der Waals surface area contributed by atoms with Crippen molar-refractivity contribution in [3.63, 3.8) is 0 Å². The largest absolute Gasteiger partial charge is 0.322 e. The van der Waals surface area contributed by atoms with Gasteiger partial charge in [-0.15, -0.1) is 0 Å². The van der Waals surface area contributed by atoms with Crippen LogP contribution in [0.1, 0.15) is 12.0 Å². The van der Waals surface area contributed by atoms with Crippen LogP contribution in [0, 0.1) is 0 Å². The Morgan fingerprint density at radius 1 is 1.31 bits per heavy atom. The van der Waals surface area contributed by atoms with Gasteiger partial charge in [0.25, 0.3) is 0 Å². The Kier molecular flexibility index (Phi) is 3.01. The number of nitrogens with one attached hydrogen (secondary N) is 1. The van der Waals surface area contributed by atoms with E-state index >= 15 is 0 Å². The van der Waals surface area contributed by atoms with Gasteiger partial charge in [0.1, 0.15) is 6.30 Å². The Bertz CT molecular complexity index is 548. The highest BCUT2D eigenvalue weighted by Crippen LogP contribution is 2.14. The van der Waals surface area contributed by atoms with Gasteiger partial charge in [-0.3, -0.25) is 4.79 Å². The number of fused-ring (bicyclic) bond motifs is 1. The summed E-state index contributed by atoms with van der Waals surface area (Å²) in [5.74, 6) is 0. The molecule has 16 heavy (non-hydrogen) atoms. The molecule has 0 radical (unpaired) electrons. The van der Waals surface area contributed by atoms with Crippen LogP contribution in [0.4, 0.5) is 4.39 Å². The van der Waals surface area contributed by atoms with E-state index in [1.807, 2.05) is 18.2 Å². The van der Waals surface area contributed by atoms with Crippen molar-refractivity contribution in [1.29, 1.82) is 0 Å². The Balaban J connectivity index is 2.30. The number of hydrogen-bond donors (Lipinski definition) is 2. The Hall–Kier alpha value is -1.68. The third kappa shape index (κ3) is 2.46. The summed E-state index contributed by atoms with van der Waals surface area (Å²) in [6.07, 6.45) is -0.354. The van der Waals surface area contributed by atoms with E-state index in [0.29, 0.717) is 12.8 Å². The highest BCUT2D eigenvalue weighted by Gasteiger charge is 2.01. The van der Waals surface area contributed by atoms with E-state index in [9.17, 15) is 9.18 Å². The zero-order valence-corrected chi connectivity index (χ0v) is 8.74. The molecule has 0 aliphatic rings. The predicted molar refractivity (Wildman–Crippen MR) is 62.0 cm³/mol. The summed E-state index contributed by atoms with van der Waals surface area (Å²) in [4.78, 5) is 13.8. The third-order valence-corrected chi connectivity index (χ3v) is 2.50. The second-order valence-corrected chi connectivity index (χ2v) is 3.80. The molecule has 3 nitrogen and oxygen atoms in total. The average Bonchev–Trinajstić information content (AvgIpc) is 2.26. The van der Waals surface area contributed by atoms with Crippen LogP contribution in [0.2, 0.25) is 0 Å². The monoisotopic (exact) mass is 220 g/mol. The van der Waals surface area contributed by atoms with Crippen LogP contribution in [0.5, 0.6) is 0 Å². The lowest BCUT2D eigenvalue weighted by Crippen LogP contribution is -2.13. The number of rotatable bonds is 3. The van der Waals surface area contributed by atoms with E-state index in [-0.39, 0.29) is 5.56 Å². The number of aromatic amines is 1. The van der Waals surface area contributed by atoms with Gasteiger partial charge in [-0.25, -0.2) is 4.39 Å². The number of halogens is 1. The van der Waals surface area contributed by atoms with Gasteiger partial charge in [0.15, 0.2) is 0 Å². The molecule has 1 atom stereocenters. The zero-order valence-electron chi connectivity index (χ0n) is 8.74. The molecule has 0 amide bonds. The Morgan fingerprint density at radius 2 is 2.12 bits per heavy atom. The van der Waals surface area contributed by atoms with Gasteiger partial charge < -0.3 is 10.7 Å². The maximum Gasteiger partial charge on any atom is 0.248 e. The van der Waals surface area contributed by atoms with Crippen LogP contribution in [0.25, 0.3) is 10.9 Å². The molecule has 0 bridgehead atoms. The van der Waals surface area contributed by atoms with Gasteiger partial charge in [-0.1, -0.05) is 6.07 Å². The molecule has 1 aromatic carbocycles. The summed E-state index contributed by atoms with van der Waals surface area (Å²) >= 11 is 0. The Morgan fingerprint density at radius 3 is 2.88 bits per heavy atom. The molecule has 4 heteroatoms. The fourth-order valence-electron chi connectivity index (χ4n) is 1.66. The molecule has 2 aromatic rings. The molecular weight excluding hydrogens is 207 g/mol. The highest BCUT2D eigenvalue weighted by molar-refractivity contribution is 5.78. The number of pyridine rings is 1. The number of benzene rings is 1. The quantitative estimate of drug-likeness (QED) is 0.774. The van der Waals surface area contributed by atoms with Crippen LogP contribution in [-0.4, -0.2) is 11.3 Å². The molecule has 0 saturated heterocycles. The fourth-order valence-corrected chi connectivity index (χ4v) is 1.66. The molecule has 0 saturated carbocycles. The summed E-state index contributed by atoms with van der Waals surface area (Å²) in [5, 5.41) is 0.949. The van der Waals surface area contributed by atoms with E-state index in [1.165, 1.54) is 6.07 Å². The van der Waals surface area contributed by atoms with E-state index in [2.05, 4.69) is 4.98 Å². The van der Waals surface area contributed by atoms with Crippen LogP contribution in [0.3, 0.4) is 0 Å². The van der Waals surface area contributed by atoms with Crippen molar-refractivity contribution in [2.75, 3.05) is 0 Å². The molecule has 3 N–H and O–H groups in total. The van der Waals surface area contributed by atoms with Crippen LogP contribution in [0.15, 0.2) is 35.1 Å². The first-order chi connectivity index (χ1) is 7.65. The smallest absolute Gasteiger partial charge is 0.248 e. The first kappa shape index (κ1) is 10.8. The van der Waals surface area contributed by atoms with E-state index < -0.39 is 6.30 Å². The SMILES string of the molecule is NC(F)CCc1ccc2[nH]c(=O)ccc2c1. The van der Waals surface area contributed by atoms with Gasteiger partial charge in [-0.05, 0) is 42.0 Å². The molecule has 2 rings (SSSR count). The van der Waals surface area contributed by atoms with Crippen molar-refractivity contribution in [2.45, 2.75) is 19.1 Å². The number of alkyl halides is 1. The van der Waals surface area contributed by atoms with Crippen LogP contribution < -0.4 is 11.3 Å². The third-order valence-electron chi connectivity index (χ3n) is 2.50. The molecule has 1 aromatic heterocycles. The number of aromatic nitrogens is 1. The predicted octanol–water partition coefficient (Wildman–Crippen LogP) is 1.72. The lowest BCUT2D eigenvalue weighted by Gasteiger charge is -2.04. The number of nitrogens with two attached hydrogens (primary N) is 1. The molecule has 84 valence electrons. The number of aryl methyl sites for hydroxylation is 1. The topological polar surface area (TPSA) is 58.9 Å². The Labute approximate surface area is 92.1 Å². The second kappa shape index (κ2) is 4.45. The fraction of sp³-hybridized carbons (Fsp3) is 0.250. The van der Waals surface area contributed by atoms with Gasteiger partial charge in [0, 0.05) is 11.6 Å². The summed E-state index contributed by atoms with van der Waals surface area (Å²) in [5.41, 5.74) is 6.75. The van der Waals surface area contributed by atoms with E-state index in [4.69, 9.17) is 5.73 Å². The van der Waals surface area contributed by atoms with Crippen LogP contribution in [-0.2, 0) is 6.42 Å². The average molecular weight is 220 g/mol. The second-order valence-electron chi connectivity index (χ2n) is 3.80. The first-order valence-electron chi connectivity index (χ1n) is 5.17. The highest BCUT2D eigenvalue weighted by atomic mass is 19.1. The zero-order chi connectivity index (χ0) is 11.5. The standard InChI is InChI=1S/C12H13FN2O/c13-11(14)5-2-8-1-4-10-9(7-8)3-6-12(16)15-10/h1,3-4,6-7,11H,2,5,14H2,(H,15,16). The molecule has 1 unspecified atom stereocenters. The van der Waals surface area contributed by atoms with Crippen molar-refractivity contribution in [3.8, 4) is 0 Å². The molecule has 0 spiro atoms. The molecule has 0 aliphatic carbocycles. The number of hydrogen-bond acceptors (Lipinski definition) is 2. The summed E-state index contributed by atoms with van der Waals surface area (Å²) < 4.78 is 12.5. The maximum atomic E-state index is 12.5. The van der Waals surface area contributed by atoms with E-state index in [1.54, 1.807) is 6.07 Å². The number of H-pyrrole nitrogens is 1. The van der Waals surface area contributed by atoms with Crippen molar-refractivity contribution >= 4 is 10.9 Å². The minimum atomic E-state index is -1.27. The summed E-state index contributed by atoms with van der Waals surface area (Å²) in [7, 11) is 0. The lowest BCUT2D eigenvalue weighted by molar-refractivity contribution is 0.325. The maximum absolute atomic E-state index is 12.5. The van der Waals surface area contributed by atoms with Gasteiger partial charge in [0.2, 0.25) is 5.56 Å². The summed E-state index contributed by atoms with van der Waals surface area (Å²) in [6.45, 7) is 0. The molecule has 0 fully saturated rings. The van der Waals surface area contributed by atoms with E-state index in [0.717, 1.165) is 16.5 Å². The van der Waals surface area contributed by atoms with Gasteiger partial charge in [-0.2, -0.15) is 0 Å². The summed E-state index contributed by atoms with van der Waals surface area (Å²) in [6, 6.07) is 8.88. The van der Waals surface area contributed by atoms with Crippen molar-refractivity contribution < 1.29 is 4.39 Å². The van der Waals surface area contributed by atoms with Gasteiger partial charge >= 0.3 is 0 Å². The molecule has 1 heterocycles. The minimum Gasteiger partial charge on any atom is -0.322 e. The minimum absolute atomic E-state index is 0.119. The molecular formula is C12H13FN2O. The van der Waals surface area contributed by atoms with Crippen molar-refractivity contribution in [1.82, 2.24) is 4.98 Å². The van der Waals surface area contributed by atoms with Crippen molar-refractivity contribution in [3.05, 3.63) is 46.2 Å². The van der Waals surface area contributed by atoms with Crippen molar-refractivity contribution in [2.24, 2.45) is 5.73 Å². The first-order valence-corrected chi connectivity index (χ1v) is 5.17. The van der Waals surface area contributed by atoms with Gasteiger partial charge in [0.05, 0.1) is 0 Å².